The van der Waals surface area contributed by atoms with Crippen molar-refractivity contribution in [1.82, 2.24) is 4.57 Å². The first-order valence-electron chi connectivity index (χ1n) is 7.13. The highest BCUT2D eigenvalue weighted by Crippen LogP contribution is 2.32. The van der Waals surface area contributed by atoms with Gasteiger partial charge in [0.15, 0.2) is 5.78 Å². The number of hydrogen-bond acceptors (Lipinski definition) is 2. The number of carbonyl (C=O) groups excluding carboxylic acids is 1. The molecule has 21 heavy (non-hydrogen) atoms. The molecule has 3 nitrogen and oxygen atoms in total. The highest BCUT2D eigenvalue weighted by Gasteiger charge is 2.22. The molecule has 1 aromatic carbocycles. The largest absolute Gasteiger partial charge is 0.324 e. The van der Waals surface area contributed by atoms with E-state index in [4.69, 9.17) is 17.0 Å². The molecule has 0 saturated heterocycles. The Morgan fingerprint density at radius 1 is 1.38 bits per heavy atom. The predicted octanol–water partition coefficient (Wildman–Crippen LogP) is 3.75. The summed E-state index contributed by atoms with van der Waals surface area (Å²) in [6.07, 6.45) is 4.88. The summed E-state index contributed by atoms with van der Waals surface area (Å²) >= 11 is 6.16. The highest BCUT2D eigenvalue weighted by atomic mass is 35.5. The minimum absolute atomic E-state index is 0.0826. The van der Waals surface area contributed by atoms with Crippen LogP contribution in [0.25, 0.3) is 0 Å². The smallest absolute Gasteiger partial charge is 0.163 e. The van der Waals surface area contributed by atoms with Crippen molar-refractivity contribution in [1.29, 1.82) is 5.41 Å². The van der Waals surface area contributed by atoms with E-state index in [0.29, 0.717) is 10.6 Å². The van der Waals surface area contributed by atoms with Gasteiger partial charge in [0, 0.05) is 6.20 Å². The van der Waals surface area contributed by atoms with Gasteiger partial charge in [0.2, 0.25) is 0 Å². The topological polar surface area (TPSA) is 45.9 Å². The van der Waals surface area contributed by atoms with Crippen LogP contribution in [0.3, 0.4) is 0 Å². The van der Waals surface area contributed by atoms with Gasteiger partial charge in [-0.1, -0.05) is 35.9 Å². The van der Waals surface area contributed by atoms with Gasteiger partial charge in [-0.05, 0) is 43.4 Å². The van der Waals surface area contributed by atoms with Gasteiger partial charge in [0.05, 0.1) is 16.6 Å². The Balaban J connectivity index is 2.19. The van der Waals surface area contributed by atoms with E-state index in [1.54, 1.807) is 12.3 Å². The van der Waals surface area contributed by atoms with Crippen molar-refractivity contribution in [2.45, 2.75) is 32.2 Å². The second-order valence-corrected chi connectivity index (χ2v) is 5.93. The number of hydrogen-bond donors (Lipinski definition) is 1. The van der Waals surface area contributed by atoms with E-state index in [0.717, 1.165) is 19.3 Å². The first-order chi connectivity index (χ1) is 10.1. The Hall–Kier alpha value is -1.87. The molecule has 0 bridgehead atoms. The van der Waals surface area contributed by atoms with Crippen LogP contribution in [-0.2, 0) is 6.42 Å². The van der Waals surface area contributed by atoms with Crippen molar-refractivity contribution in [3.8, 4) is 0 Å². The van der Waals surface area contributed by atoms with Crippen LogP contribution in [0.15, 0.2) is 36.5 Å². The molecule has 0 spiro atoms. The lowest BCUT2D eigenvalue weighted by atomic mass is 9.87. The first kappa shape index (κ1) is 14.1. The lowest BCUT2D eigenvalue weighted by Crippen LogP contribution is -2.31. The summed E-state index contributed by atoms with van der Waals surface area (Å²) in [7, 11) is 0. The fraction of sp³-hybridized carbons (Fsp3) is 0.294. The molecule has 4 heteroatoms. The van der Waals surface area contributed by atoms with Crippen LogP contribution in [0.1, 0.15) is 47.3 Å². The zero-order valence-electron chi connectivity index (χ0n) is 11.9. The Morgan fingerprint density at radius 3 is 2.90 bits per heavy atom. The van der Waals surface area contributed by atoms with Gasteiger partial charge >= 0.3 is 0 Å². The second-order valence-electron chi connectivity index (χ2n) is 5.49. The number of carbonyl (C=O) groups is 1. The Labute approximate surface area is 128 Å². The van der Waals surface area contributed by atoms with E-state index in [-0.39, 0.29) is 17.3 Å². The van der Waals surface area contributed by atoms with Crippen molar-refractivity contribution in [3.63, 3.8) is 0 Å². The standard InChI is InChI=1S/C17H17ClN2O/c1-11(21)15-9-13(18)10-20(17(15)19)16-8-4-6-12-5-2-3-7-14(12)16/h2-3,5,7,9-10,16,19H,4,6,8H2,1H3. The number of ketones is 1. The molecule has 1 aliphatic rings. The van der Waals surface area contributed by atoms with Crippen molar-refractivity contribution in [2.75, 3.05) is 0 Å². The normalized spacial score (nSPS) is 17.3. The maximum atomic E-state index is 11.7. The van der Waals surface area contributed by atoms with Gasteiger partial charge in [0.25, 0.3) is 0 Å². The maximum absolute atomic E-state index is 11.7. The molecule has 1 aromatic heterocycles. The number of fused-ring (bicyclic) bond motifs is 1. The first-order valence-corrected chi connectivity index (χ1v) is 7.50. The Morgan fingerprint density at radius 2 is 2.14 bits per heavy atom. The highest BCUT2D eigenvalue weighted by molar-refractivity contribution is 6.30. The quantitative estimate of drug-likeness (QED) is 0.844. The summed E-state index contributed by atoms with van der Waals surface area (Å²) < 4.78 is 1.84. The molecule has 1 unspecified atom stereocenters. The molecule has 3 rings (SSSR count). The van der Waals surface area contributed by atoms with Crippen LogP contribution in [-0.4, -0.2) is 10.4 Å². The van der Waals surface area contributed by atoms with Crippen LogP contribution in [0.4, 0.5) is 0 Å². The number of aromatic nitrogens is 1. The van der Waals surface area contributed by atoms with Crippen LogP contribution in [0, 0.1) is 5.41 Å². The summed E-state index contributed by atoms with van der Waals surface area (Å²) in [4.78, 5) is 11.7. The van der Waals surface area contributed by atoms with Crippen LogP contribution >= 0.6 is 11.6 Å². The number of nitrogens with zero attached hydrogens (tertiary/aromatic N) is 1. The van der Waals surface area contributed by atoms with Gasteiger partial charge in [-0.3, -0.25) is 10.2 Å². The number of halogens is 1. The van der Waals surface area contributed by atoms with Crippen molar-refractivity contribution >= 4 is 17.4 Å². The molecule has 1 heterocycles. The average molecular weight is 301 g/mol. The monoisotopic (exact) mass is 300 g/mol. The van der Waals surface area contributed by atoms with Crippen molar-refractivity contribution in [2.24, 2.45) is 0 Å². The van der Waals surface area contributed by atoms with Crippen LogP contribution in [0.2, 0.25) is 5.02 Å². The van der Waals surface area contributed by atoms with Crippen LogP contribution in [0.5, 0.6) is 0 Å². The van der Waals surface area contributed by atoms with Crippen LogP contribution < -0.4 is 5.49 Å². The van der Waals surface area contributed by atoms with E-state index in [2.05, 4.69) is 12.1 Å². The minimum atomic E-state index is -0.125. The maximum Gasteiger partial charge on any atom is 0.163 e. The molecule has 0 fully saturated rings. The third-order valence-corrected chi connectivity index (χ3v) is 4.32. The number of nitrogens with one attached hydrogen (secondary N) is 1. The van der Waals surface area contributed by atoms with Gasteiger partial charge < -0.3 is 4.57 Å². The summed E-state index contributed by atoms with van der Waals surface area (Å²) in [5, 5.41) is 8.83. The molecule has 108 valence electrons. The molecular weight excluding hydrogens is 284 g/mol. The van der Waals surface area contributed by atoms with Gasteiger partial charge in [-0.2, -0.15) is 0 Å². The van der Waals surface area contributed by atoms with E-state index < -0.39 is 0 Å². The van der Waals surface area contributed by atoms with E-state index in [9.17, 15) is 4.79 Å². The SMILES string of the molecule is CC(=O)c1cc(Cl)cn(C2CCCc3ccccc32)c1=N. The van der Waals surface area contributed by atoms with E-state index in [1.165, 1.54) is 18.1 Å². The Kier molecular flexibility index (Phi) is 3.68. The second kappa shape index (κ2) is 5.49. The number of rotatable bonds is 2. The fourth-order valence-electron chi connectivity index (χ4n) is 3.11. The molecule has 0 aliphatic heterocycles. The summed E-state index contributed by atoms with van der Waals surface area (Å²) in [5.74, 6) is -0.125. The third kappa shape index (κ3) is 2.54. The fourth-order valence-corrected chi connectivity index (χ4v) is 3.33. The summed E-state index contributed by atoms with van der Waals surface area (Å²) in [6, 6.07) is 9.99. The van der Waals surface area contributed by atoms with Crippen molar-refractivity contribution < 1.29 is 4.79 Å². The number of pyridine rings is 1. The molecule has 0 amide bonds. The average Bonchev–Trinajstić information content (AvgIpc) is 2.48. The molecule has 1 atom stereocenters. The molecule has 2 aromatic rings. The zero-order chi connectivity index (χ0) is 15.0. The lowest BCUT2D eigenvalue weighted by Gasteiger charge is -2.28. The van der Waals surface area contributed by atoms with E-state index >= 15 is 0 Å². The molecular formula is C17H17ClN2O. The summed E-state index contributed by atoms with van der Waals surface area (Å²) in [5.41, 5.74) is 3.18. The predicted molar refractivity (Wildman–Crippen MR) is 82.8 cm³/mol. The number of benzene rings is 1. The summed E-state index contributed by atoms with van der Waals surface area (Å²) in [6.45, 7) is 1.48. The molecule has 0 radical (unpaired) electrons. The minimum Gasteiger partial charge on any atom is -0.324 e. The van der Waals surface area contributed by atoms with Crippen molar-refractivity contribution in [3.05, 3.63) is 63.7 Å². The zero-order valence-corrected chi connectivity index (χ0v) is 12.7. The molecule has 1 N–H and O–H groups in total. The molecule has 0 saturated carbocycles. The number of Topliss-reactive ketones (excluding diaryl/α,β-unsaturated/α-hetero) is 1. The third-order valence-electron chi connectivity index (χ3n) is 4.11. The number of aryl methyl sites for hydroxylation is 1. The van der Waals surface area contributed by atoms with Gasteiger partial charge in [0.1, 0.15) is 5.49 Å². The van der Waals surface area contributed by atoms with E-state index in [1.807, 2.05) is 16.7 Å². The molecule has 1 aliphatic carbocycles. The lowest BCUT2D eigenvalue weighted by molar-refractivity contribution is 0.101. The van der Waals surface area contributed by atoms with Gasteiger partial charge in [-0.25, -0.2) is 0 Å². The van der Waals surface area contributed by atoms with Gasteiger partial charge in [-0.15, -0.1) is 0 Å². The Bertz CT molecular complexity index is 764.